The standard InChI is InChI=1S/C63H39N3S/c1-3-18-40(19-4-1)41-34-36-43(37-35-41)61-64-62(66-63(65-61)56-32-17-31-54-47-25-15-16-33-57(47)67-60(54)56)55-39-38-53(45-23-8-9-24-46(45)55)59-51-29-13-11-27-49(51)58(50-28-12-14-30-52(50)59)48-26-10-7-22-44(48)42-20-5-2-6-21-42/h1-39H. The van der Waals surface area contributed by atoms with Crippen LogP contribution in [0.1, 0.15) is 0 Å². The Morgan fingerprint density at radius 3 is 1.30 bits per heavy atom. The molecule has 0 amide bonds. The topological polar surface area (TPSA) is 38.7 Å². The van der Waals surface area contributed by atoms with Crippen LogP contribution in [0.4, 0.5) is 0 Å². The Balaban J connectivity index is 1.03. The Labute approximate surface area is 392 Å². The fraction of sp³-hybridized carbons (Fsp3) is 0. The first-order valence-corrected chi connectivity index (χ1v) is 23.5. The van der Waals surface area contributed by atoms with Crippen LogP contribution in [-0.2, 0) is 0 Å². The Morgan fingerprint density at radius 1 is 0.224 bits per heavy atom. The first kappa shape index (κ1) is 38.9. The van der Waals surface area contributed by atoms with Gasteiger partial charge in [0.05, 0.1) is 0 Å². The molecule has 2 aromatic heterocycles. The maximum atomic E-state index is 5.40. The zero-order valence-electron chi connectivity index (χ0n) is 36.3. The minimum atomic E-state index is 0.634. The summed E-state index contributed by atoms with van der Waals surface area (Å²) >= 11 is 1.79. The molecule has 0 spiro atoms. The van der Waals surface area contributed by atoms with Gasteiger partial charge in [0, 0.05) is 36.9 Å². The van der Waals surface area contributed by atoms with E-state index in [0.717, 1.165) is 38.6 Å². The third kappa shape index (κ3) is 6.61. The normalized spacial score (nSPS) is 11.6. The van der Waals surface area contributed by atoms with E-state index in [2.05, 4.69) is 231 Å². The van der Waals surface area contributed by atoms with E-state index >= 15 is 0 Å². The number of benzene rings is 11. The van der Waals surface area contributed by atoms with Crippen molar-refractivity contribution < 1.29 is 0 Å². The lowest BCUT2D eigenvalue weighted by Gasteiger charge is -2.21. The molecule has 312 valence electrons. The lowest BCUT2D eigenvalue weighted by atomic mass is 9.82. The van der Waals surface area contributed by atoms with E-state index in [4.69, 9.17) is 15.0 Å². The molecule has 0 N–H and O–H groups in total. The summed E-state index contributed by atoms with van der Waals surface area (Å²) in [6.07, 6.45) is 0. The zero-order chi connectivity index (χ0) is 44.3. The van der Waals surface area contributed by atoms with Crippen molar-refractivity contribution >= 4 is 63.8 Å². The van der Waals surface area contributed by atoms with Crippen LogP contribution in [0.2, 0.25) is 0 Å². The summed E-state index contributed by atoms with van der Waals surface area (Å²) in [5.41, 5.74) is 12.4. The van der Waals surface area contributed by atoms with Crippen molar-refractivity contribution in [1.82, 2.24) is 15.0 Å². The first-order chi connectivity index (χ1) is 33.2. The molecule has 13 aromatic rings. The minimum absolute atomic E-state index is 0.634. The van der Waals surface area contributed by atoms with Crippen molar-refractivity contribution in [3.05, 3.63) is 237 Å². The van der Waals surface area contributed by atoms with Gasteiger partial charge in [-0.1, -0.05) is 218 Å². The van der Waals surface area contributed by atoms with Gasteiger partial charge < -0.3 is 0 Å². The maximum absolute atomic E-state index is 5.40. The van der Waals surface area contributed by atoms with Gasteiger partial charge in [0.15, 0.2) is 17.5 Å². The van der Waals surface area contributed by atoms with Crippen LogP contribution in [0.5, 0.6) is 0 Å². The third-order valence-corrected chi connectivity index (χ3v) is 14.4. The second-order valence-corrected chi connectivity index (χ2v) is 18.0. The second kappa shape index (κ2) is 16.1. The van der Waals surface area contributed by atoms with Crippen LogP contribution < -0.4 is 0 Å². The number of hydrogen-bond acceptors (Lipinski definition) is 4. The van der Waals surface area contributed by atoms with Gasteiger partial charge in [0.2, 0.25) is 0 Å². The molecule has 2 heterocycles. The van der Waals surface area contributed by atoms with Crippen molar-refractivity contribution in [3.8, 4) is 78.7 Å². The molecule has 0 radical (unpaired) electrons. The predicted octanol–water partition coefficient (Wildman–Crippen LogP) is 17.4. The molecule has 3 nitrogen and oxygen atoms in total. The van der Waals surface area contributed by atoms with Gasteiger partial charge in [-0.2, -0.15) is 0 Å². The highest BCUT2D eigenvalue weighted by molar-refractivity contribution is 7.26. The summed E-state index contributed by atoms with van der Waals surface area (Å²) in [6, 6.07) is 84.8. The molecule has 0 saturated heterocycles. The van der Waals surface area contributed by atoms with Gasteiger partial charge >= 0.3 is 0 Å². The van der Waals surface area contributed by atoms with Crippen LogP contribution in [0.25, 0.3) is 131 Å². The minimum Gasteiger partial charge on any atom is -0.208 e. The first-order valence-electron chi connectivity index (χ1n) is 22.7. The molecule has 4 heteroatoms. The highest BCUT2D eigenvalue weighted by Crippen LogP contribution is 2.48. The molecule has 13 rings (SSSR count). The quantitative estimate of drug-likeness (QED) is 0.150. The summed E-state index contributed by atoms with van der Waals surface area (Å²) in [4.78, 5) is 16.0. The summed E-state index contributed by atoms with van der Waals surface area (Å²) in [6.45, 7) is 0. The van der Waals surface area contributed by atoms with E-state index in [9.17, 15) is 0 Å². The molecule has 0 fully saturated rings. The van der Waals surface area contributed by atoms with Gasteiger partial charge in [-0.25, -0.2) is 15.0 Å². The maximum Gasteiger partial charge on any atom is 0.165 e. The average molecular weight is 870 g/mol. The smallest absolute Gasteiger partial charge is 0.165 e. The lowest BCUT2D eigenvalue weighted by molar-refractivity contribution is 1.08. The number of aromatic nitrogens is 3. The van der Waals surface area contributed by atoms with Gasteiger partial charge in [0.1, 0.15) is 0 Å². The third-order valence-electron chi connectivity index (χ3n) is 13.2. The highest BCUT2D eigenvalue weighted by atomic mass is 32.1. The molecular formula is C63H39N3S. The molecule has 67 heavy (non-hydrogen) atoms. The number of nitrogens with zero attached hydrogens (tertiary/aromatic N) is 3. The number of fused-ring (bicyclic) bond motifs is 6. The summed E-state index contributed by atoms with van der Waals surface area (Å²) < 4.78 is 2.41. The van der Waals surface area contributed by atoms with Crippen molar-refractivity contribution in [2.75, 3.05) is 0 Å². The summed E-state index contributed by atoms with van der Waals surface area (Å²) in [5.74, 6) is 1.92. The molecule has 0 saturated carbocycles. The Kier molecular flexibility index (Phi) is 9.36. The van der Waals surface area contributed by atoms with Crippen molar-refractivity contribution in [1.29, 1.82) is 0 Å². The average Bonchev–Trinajstić information content (AvgIpc) is 3.79. The second-order valence-electron chi connectivity index (χ2n) is 17.0. The van der Waals surface area contributed by atoms with E-state index in [1.165, 1.54) is 75.1 Å². The Bertz CT molecular complexity index is 3970. The van der Waals surface area contributed by atoms with Crippen molar-refractivity contribution in [2.24, 2.45) is 0 Å². The molecule has 0 atom stereocenters. The Hall–Kier alpha value is -8.57. The lowest BCUT2D eigenvalue weighted by Crippen LogP contribution is -2.01. The van der Waals surface area contributed by atoms with Gasteiger partial charge in [-0.05, 0) is 95.0 Å². The summed E-state index contributed by atoms with van der Waals surface area (Å²) in [5, 5.41) is 9.50. The van der Waals surface area contributed by atoms with E-state index < -0.39 is 0 Å². The zero-order valence-corrected chi connectivity index (χ0v) is 37.1. The van der Waals surface area contributed by atoms with E-state index in [1.807, 2.05) is 6.07 Å². The SMILES string of the molecule is c1ccc(-c2ccc(-c3nc(-c4ccc(-c5c6ccccc6c(-c6ccccc6-c6ccccc6)c6ccccc56)c5ccccc45)nc(-c4cccc5c4sc4ccccc45)n3)cc2)cc1. The fourth-order valence-electron chi connectivity index (χ4n) is 10.1. The summed E-state index contributed by atoms with van der Waals surface area (Å²) in [7, 11) is 0. The molecule has 0 bridgehead atoms. The van der Waals surface area contributed by atoms with Crippen molar-refractivity contribution in [2.45, 2.75) is 0 Å². The van der Waals surface area contributed by atoms with E-state index in [-0.39, 0.29) is 0 Å². The number of rotatable bonds is 7. The van der Waals surface area contributed by atoms with Gasteiger partial charge in [-0.3, -0.25) is 0 Å². The van der Waals surface area contributed by atoms with E-state index in [0.29, 0.717) is 17.5 Å². The Morgan fingerprint density at radius 2 is 0.642 bits per heavy atom. The van der Waals surface area contributed by atoms with Crippen LogP contribution >= 0.6 is 11.3 Å². The van der Waals surface area contributed by atoms with Crippen LogP contribution in [0.15, 0.2) is 237 Å². The monoisotopic (exact) mass is 869 g/mol. The largest absolute Gasteiger partial charge is 0.208 e. The van der Waals surface area contributed by atoms with Gasteiger partial charge in [0.25, 0.3) is 0 Å². The molecule has 11 aromatic carbocycles. The molecule has 0 unspecified atom stereocenters. The number of hydrogen-bond donors (Lipinski definition) is 0. The highest BCUT2D eigenvalue weighted by Gasteiger charge is 2.22. The number of thiophene rings is 1. The molecule has 0 aliphatic heterocycles. The molecular weight excluding hydrogens is 831 g/mol. The predicted molar refractivity (Wildman–Crippen MR) is 283 cm³/mol. The van der Waals surface area contributed by atoms with E-state index in [1.54, 1.807) is 11.3 Å². The molecule has 0 aliphatic carbocycles. The van der Waals surface area contributed by atoms with Gasteiger partial charge in [-0.15, -0.1) is 11.3 Å². The van der Waals surface area contributed by atoms with Crippen molar-refractivity contribution in [3.63, 3.8) is 0 Å². The molecule has 0 aliphatic rings. The van der Waals surface area contributed by atoms with Crippen LogP contribution in [-0.4, -0.2) is 15.0 Å². The van der Waals surface area contributed by atoms with Crippen LogP contribution in [0, 0.1) is 0 Å². The van der Waals surface area contributed by atoms with Crippen LogP contribution in [0.3, 0.4) is 0 Å². The fourth-order valence-corrected chi connectivity index (χ4v) is 11.3.